The first-order valence-electron chi connectivity index (χ1n) is 10.8. The largest absolute Gasteiger partial charge is 0.357 e. The van der Waals surface area contributed by atoms with Gasteiger partial charge in [-0.15, -0.1) is 24.0 Å². The zero-order valence-electron chi connectivity index (χ0n) is 17.7. The number of benzene rings is 1. The Kier molecular flexibility index (Phi) is 10.4. The van der Waals surface area contributed by atoms with Crippen LogP contribution >= 0.6 is 24.0 Å². The molecule has 3 rings (SSSR count). The molecule has 0 saturated heterocycles. The summed E-state index contributed by atoms with van der Waals surface area (Å²) < 4.78 is 0. The van der Waals surface area contributed by atoms with Crippen LogP contribution in [-0.4, -0.2) is 44.0 Å². The van der Waals surface area contributed by atoms with E-state index in [1.54, 1.807) is 0 Å². The second kappa shape index (κ2) is 12.8. The Bertz CT molecular complexity index is 734. The van der Waals surface area contributed by atoms with Crippen molar-refractivity contribution in [3.05, 3.63) is 29.8 Å². The van der Waals surface area contributed by atoms with Gasteiger partial charge in [-0.25, -0.2) is 0 Å². The summed E-state index contributed by atoms with van der Waals surface area (Å²) in [4.78, 5) is 28.7. The minimum Gasteiger partial charge on any atom is -0.357 e. The van der Waals surface area contributed by atoms with Gasteiger partial charge in [0.25, 0.3) is 0 Å². The van der Waals surface area contributed by atoms with Crippen LogP contribution < -0.4 is 21.3 Å². The smallest absolute Gasteiger partial charge is 0.225 e. The molecule has 1 unspecified atom stereocenters. The number of anilines is 1. The molecular formula is C22H34IN5O2. The molecule has 1 aromatic carbocycles. The van der Waals surface area contributed by atoms with Crippen LogP contribution in [0.1, 0.15) is 56.9 Å². The minimum atomic E-state index is 0. The average molecular weight is 527 g/mol. The summed E-state index contributed by atoms with van der Waals surface area (Å²) >= 11 is 0. The third-order valence-electron chi connectivity index (χ3n) is 5.61. The zero-order chi connectivity index (χ0) is 20.5. The van der Waals surface area contributed by atoms with Gasteiger partial charge in [0.15, 0.2) is 5.96 Å². The summed E-state index contributed by atoms with van der Waals surface area (Å²) in [7, 11) is 0. The van der Waals surface area contributed by atoms with Gasteiger partial charge in [-0.3, -0.25) is 14.6 Å². The Morgan fingerprint density at radius 1 is 1.13 bits per heavy atom. The van der Waals surface area contributed by atoms with Crippen molar-refractivity contribution < 1.29 is 9.59 Å². The van der Waals surface area contributed by atoms with E-state index in [0.29, 0.717) is 44.4 Å². The van der Waals surface area contributed by atoms with E-state index in [2.05, 4.69) is 32.3 Å². The molecule has 1 saturated carbocycles. The van der Waals surface area contributed by atoms with E-state index in [4.69, 9.17) is 0 Å². The molecule has 0 radical (unpaired) electrons. The molecule has 7 nitrogen and oxygen atoms in total. The van der Waals surface area contributed by atoms with Gasteiger partial charge in [0.05, 0.1) is 6.54 Å². The Labute approximate surface area is 196 Å². The van der Waals surface area contributed by atoms with E-state index in [1.165, 1.54) is 25.7 Å². The number of fused-ring (bicyclic) bond motifs is 1. The first-order chi connectivity index (χ1) is 14.2. The van der Waals surface area contributed by atoms with Crippen molar-refractivity contribution in [2.24, 2.45) is 10.9 Å². The zero-order valence-corrected chi connectivity index (χ0v) is 20.0. The van der Waals surface area contributed by atoms with Gasteiger partial charge >= 0.3 is 0 Å². The number of hydrogen-bond acceptors (Lipinski definition) is 3. The lowest BCUT2D eigenvalue weighted by molar-refractivity contribution is -0.122. The number of aliphatic imine (C=N–C) groups is 1. The van der Waals surface area contributed by atoms with Gasteiger partial charge in [0, 0.05) is 44.1 Å². The summed E-state index contributed by atoms with van der Waals surface area (Å²) in [6.45, 7) is 4.49. The fraction of sp³-hybridized carbons (Fsp3) is 0.591. The van der Waals surface area contributed by atoms with Crippen LogP contribution in [-0.2, 0) is 9.59 Å². The Hall–Kier alpha value is -1.84. The molecule has 1 fully saturated rings. The lowest BCUT2D eigenvalue weighted by atomic mass is 9.91. The van der Waals surface area contributed by atoms with Crippen LogP contribution in [0.5, 0.6) is 0 Å². The maximum Gasteiger partial charge on any atom is 0.225 e. The Morgan fingerprint density at radius 2 is 1.87 bits per heavy atom. The summed E-state index contributed by atoms with van der Waals surface area (Å²) in [5, 5.41) is 12.4. The van der Waals surface area contributed by atoms with Gasteiger partial charge in [-0.05, 0) is 37.3 Å². The van der Waals surface area contributed by atoms with Crippen LogP contribution in [0, 0.1) is 5.92 Å². The van der Waals surface area contributed by atoms with Gasteiger partial charge in [0.1, 0.15) is 0 Å². The van der Waals surface area contributed by atoms with Gasteiger partial charge in [0.2, 0.25) is 11.8 Å². The van der Waals surface area contributed by atoms with E-state index < -0.39 is 0 Å². The fourth-order valence-corrected chi connectivity index (χ4v) is 4.14. The van der Waals surface area contributed by atoms with Crippen molar-refractivity contribution in [1.29, 1.82) is 0 Å². The number of halogens is 1. The van der Waals surface area contributed by atoms with Crippen molar-refractivity contribution in [2.45, 2.75) is 51.4 Å². The highest BCUT2D eigenvalue weighted by molar-refractivity contribution is 14.0. The van der Waals surface area contributed by atoms with E-state index in [1.807, 2.05) is 25.1 Å². The number of hydrogen-bond donors (Lipinski definition) is 4. The van der Waals surface area contributed by atoms with Crippen LogP contribution in [0.3, 0.4) is 0 Å². The third-order valence-corrected chi connectivity index (χ3v) is 5.61. The van der Waals surface area contributed by atoms with Crippen molar-refractivity contribution in [1.82, 2.24) is 16.0 Å². The van der Waals surface area contributed by atoms with E-state index in [0.717, 1.165) is 17.8 Å². The molecule has 4 N–H and O–H groups in total. The molecule has 0 bridgehead atoms. The molecule has 2 amide bonds. The molecule has 0 spiro atoms. The average Bonchev–Trinajstić information content (AvgIpc) is 3.21. The number of para-hydroxylation sites is 1. The summed E-state index contributed by atoms with van der Waals surface area (Å²) in [5.74, 6) is 1.53. The van der Waals surface area contributed by atoms with Crippen LogP contribution in [0.25, 0.3) is 0 Å². The molecule has 1 aliphatic heterocycles. The van der Waals surface area contributed by atoms with Crippen molar-refractivity contribution in [3.8, 4) is 0 Å². The summed E-state index contributed by atoms with van der Waals surface area (Å²) in [6.07, 6.45) is 5.98. The van der Waals surface area contributed by atoms with Crippen LogP contribution in [0.4, 0.5) is 5.69 Å². The topological polar surface area (TPSA) is 94.6 Å². The fourth-order valence-electron chi connectivity index (χ4n) is 4.14. The van der Waals surface area contributed by atoms with E-state index >= 15 is 0 Å². The first kappa shape index (κ1) is 24.4. The number of carbonyl (C=O) groups is 2. The SMILES string of the molecule is CCNC(=NCC1CC(=O)Nc2ccccc21)NCCNC(=O)CC1CCCC1.I. The van der Waals surface area contributed by atoms with E-state index in [9.17, 15) is 9.59 Å². The molecule has 30 heavy (non-hydrogen) atoms. The Balaban J connectivity index is 0.00000320. The number of nitrogens with one attached hydrogen (secondary N) is 4. The maximum atomic E-state index is 12.0. The van der Waals surface area contributed by atoms with Gasteiger partial charge in [-0.2, -0.15) is 0 Å². The number of guanidine groups is 1. The molecule has 8 heteroatoms. The van der Waals surface area contributed by atoms with Crippen molar-refractivity contribution in [2.75, 3.05) is 31.5 Å². The number of carbonyl (C=O) groups excluding carboxylic acids is 2. The molecule has 2 aliphatic rings. The Morgan fingerprint density at radius 3 is 2.63 bits per heavy atom. The second-order valence-electron chi connectivity index (χ2n) is 7.89. The first-order valence-corrected chi connectivity index (χ1v) is 10.8. The highest BCUT2D eigenvalue weighted by atomic mass is 127. The lowest BCUT2D eigenvalue weighted by Crippen LogP contribution is -2.42. The normalized spacial score (nSPS) is 18.8. The highest BCUT2D eigenvalue weighted by Gasteiger charge is 2.24. The predicted octanol–water partition coefficient (Wildman–Crippen LogP) is 2.98. The number of amides is 2. The molecule has 166 valence electrons. The van der Waals surface area contributed by atoms with Gasteiger partial charge < -0.3 is 21.3 Å². The van der Waals surface area contributed by atoms with Crippen LogP contribution in [0.2, 0.25) is 0 Å². The number of nitrogens with zero attached hydrogens (tertiary/aromatic N) is 1. The maximum absolute atomic E-state index is 12.0. The molecule has 1 aromatic rings. The third kappa shape index (κ3) is 7.45. The summed E-state index contributed by atoms with van der Waals surface area (Å²) in [6, 6.07) is 7.90. The molecule has 1 atom stereocenters. The van der Waals surface area contributed by atoms with Crippen LogP contribution in [0.15, 0.2) is 29.3 Å². The van der Waals surface area contributed by atoms with Gasteiger partial charge in [-0.1, -0.05) is 31.0 Å². The monoisotopic (exact) mass is 527 g/mol. The van der Waals surface area contributed by atoms with Crippen molar-refractivity contribution >= 4 is 47.4 Å². The lowest BCUT2D eigenvalue weighted by Gasteiger charge is -2.24. The summed E-state index contributed by atoms with van der Waals surface area (Å²) in [5.41, 5.74) is 2.01. The molecule has 1 heterocycles. The highest BCUT2D eigenvalue weighted by Crippen LogP contribution is 2.32. The predicted molar refractivity (Wildman–Crippen MR) is 131 cm³/mol. The molecular weight excluding hydrogens is 493 g/mol. The number of rotatable bonds is 8. The quantitative estimate of drug-likeness (QED) is 0.181. The molecule has 0 aromatic heterocycles. The van der Waals surface area contributed by atoms with E-state index in [-0.39, 0.29) is 41.7 Å². The second-order valence-corrected chi connectivity index (χ2v) is 7.89. The molecule has 1 aliphatic carbocycles. The van der Waals surface area contributed by atoms with Crippen molar-refractivity contribution in [3.63, 3.8) is 0 Å². The standard InChI is InChI=1S/C22H33N5O2.HI/c1-2-23-22(25-12-11-24-20(28)13-16-7-3-4-8-16)26-15-17-14-21(29)27-19-10-6-5-9-18(17)19;/h5-6,9-10,16-17H,2-4,7-8,11-15H2,1H3,(H,24,28)(H,27,29)(H2,23,25,26);1H. The minimum absolute atomic E-state index is 0.